The molecule has 0 atom stereocenters. The van der Waals surface area contributed by atoms with E-state index in [0.717, 1.165) is 22.6 Å². The molecule has 2 amide bonds. The van der Waals surface area contributed by atoms with Crippen LogP contribution in [-0.4, -0.2) is 37.5 Å². The highest BCUT2D eigenvalue weighted by molar-refractivity contribution is 6.00. The van der Waals surface area contributed by atoms with Crippen molar-refractivity contribution in [3.63, 3.8) is 0 Å². The van der Waals surface area contributed by atoms with Gasteiger partial charge in [0.2, 0.25) is 11.8 Å². The minimum atomic E-state index is -0.251. The van der Waals surface area contributed by atoms with Crippen LogP contribution in [0.4, 0.5) is 0 Å². The molecule has 8 nitrogen and oxygen atoms in total. The predicted molar refractivity (Wildman–Crippen MR) is 121 cm³/mol. The zero-order chi connectivity index (χ0) is 22.6. The van der Waals surface area contributed by atoms with Crippen LogP contribution in [0.25, 0.3) is 0 Å². The monoisotopic (exact) mass is 424 g/mol. The lowest BCUT2D eigenvalue weighted by molar-refractivity contribution is -0.122. The highest BCUT2D eigenvalue weighted by Gasteiger charge is 2.06. The third kappa shape index (κ3) is 7.93. The maximum atomic E-state index is 12.0. The zero-order valence-corrected chi connectivity index (χ0v) is 18.3. The molecule has 2 aromatic rings. The standard InChI is InChI=1S/C23H28N4O4/c1-16(18-8-12-20(30-3)13-9-18)24-26-22(28)6-5-7-23(29)27-25-17(2)19-10-14-21(31-4)15-11-19/h8-15H,5-7H2,1-4H3,(H,26,28)(H,27,29). The van der Waals surface area contributed by atoms with E-state index in [-0.39, 0.29) is 24.7 Å². The fraction of sp³-hybridized carbons (Fsp3) is 0.304. The van der Waals surface area contributed by atoms with Crippen LogP contribution in [0, 0.1) is 0 Å². The maximum absolute atomic E-state index is 12.0. The number of nitrogens with one attached hydrogen (secondary N) is 2. The molecule has 0 saturated carbocycles. The summed E-state index contributed by atoms with van der Waals surface area (Å²) in [6.07, 6.45) is 0.772. The Morgan fingerprint density at radius 2 is 1.06 bits per heavy atom. The number of nitrogens with zero attached hydrogens (tertiary/aromatic N) is 2. The molecule has 2 rings (SSSR count). The van der Waals surface area contributed by atoms with Crippen LogP contribution >= 0.6 is 0 Å². The highest BCUT2D eigenvalue weighted by Crippen LogP contribution is 2.12. The van der Waals surface area contributed by atoms with Crippen LogP contribution in [-0.2, 0) is 9.59 Å². The first-order chi connectivity index (χ1) is 14.9. The fourth-order valence-corrected chi connectivity index (χ4v) is 2.61. The molecule has 0 bridgehead atoms. The van der Waals surface area contributed by atoms with Gasteiger partial charge in [0.15, 0.2) is 0 Å². The van der Waals surface area contributed by atoms with Crippen LogP contribution in [0.15, 0.2) is 58.7 Å². The second-order valence-corrected chi connectivity index (χ2v) is 6.77. The SMILES string of the molecule is COc1ccc(C(C)=NNC(=O)CCCC(=O)NN=C(C)c2ccc(OC)cc2)cc1. The van der Waals surface area contributed by atoms with Crippen molar-refractivity contribution in [2.45, 2.75) is 33.1 Å². The number of rotatable bonds is 10. The van der Waals surface area contributed by atoms with Gasteiger partial charge in [0.25, 0.3) is 0 Å². The molecule has 8 heteroatoms. The van der Waals surface area contributed by atoms with Gasteiger partial charge in [0.05, 0.1) is 25.6 Å². The fourth-order valence-electron chi connectivity index (χ4n) is 2.61. The van der Waals surface area contributed by atoms with Gasteiger partial charge in [-0.1, -0.05) is 0 Å². The summed E-state index contributed by atoms with van der Waals surface area (Å²) in [5, 5.41) is 8.20. The van der Waals surface area contributed by atoms with Gasteiger partial charge in [-0.25, -0.2) is 10.9 Å². The van der Waals surface area contributed by atoms with Crippen LogP contribution in [0.5, 0.6) is 11.5 Å². The number of hydrazone groups is 2. The first-order valence-electron chi connectivity index (χ1n) is 9.88. The lowest BCUT2D eigenvalue weighted by atomic mass is 10.1. The molecule has 0 radical (unpaired) electrons. The van der Waals surface area contributed by atoms with E-state index in [9.17, 15) is 9.59 Å². The Morgan fingerprint density at radius 3 is 1.39 bits per heavy atom. The van der Waals surface area contributed by atoms with E-state index in [0.29, 0.717) is 17.8 Å². The number of benzene rings is 2. The van der Waals surface area contributed by atoms with E-state index >= 15 is 0 Å². The Kier molecular flexibility index (Phi) is 9.22. The van der Waals surface area contributed by atoms with Crippen molar-refractivity contribution in [3.05, 3.63) is 59.7 Å². The first-order valence-corrected chi connectivity index (χ1v) is 9.88. The molecule has 0 aliphatic rings. The summed E-state index contributed by atoms with van der Waals surface area (Å²) < 4.78 is 10.2. The van der Waals surface area contributed by atoms with Gasteiger partial charge in [-0.3, -0.25) is 9.59 Å². The average molecular weight is 425 g/mol. The number of amides is 2. The van der Waals surface area contributed by atoms with Crippen molar-refractivity contribution < 1.29 is 19.1 Å². The molecule has 31 heavy (non-hydrogen) atoms. The van der Waals surface area contributed by atoms with E-state index in [1.165, 1.54) is 0 Å². The van der Waals surface area contributed by atoms with Gasteiger partial charge in [0.1, 0.15) is 11.5 Å². The number of hydrogen-bond acceptors (Lipinski definition) is 6. The summed E-state index contributed by atoms with van der Waals surface area (Å²) >= 11 is 0. The maximum Gasteiger partial charge on any atom is 0.240 e. The van der Waals surface area contributed by atoms with Gasteiger partial charge in [-0.15, -0.1) is 0 Å². The summed E-state index contributed by atoms with van der Waals surface area (Å²) in [6.45, 7) is 3.61. The summed E-state index contributed by atoms with van der Waals surface area (Å²) in [7, 11) is 3.20. The van der Waals surface area contributed by atoms with E-state index in [2.05, 4.69) is 21.1 Å². The Bertz CT molecular complexity index is 858. The molecule has 0 saturated heterocycles. The minimum Gasteiger partial charge on any atom is -0.497 e. The van der Waals surface area contributed by atoms with Gasteiger partial charge in [0, 0.05) is 12.8 Å². The minimum absolute atomic E-state index is 0.188. The Hall–Kier alpha value is -3.68. The number of carbonyl (C=O) groups excluding carboxylic acids is 2. The van der Waals surface area contributed by atoms with Gasteiger partial charge >= 0.3 is 0 Å². The summed E-state index contributed by atoms with van der Waals surface area (Å²) in [5.74, 6) is 1.00. The zero-order valence-electron chi connectivity index (χ0n) is 18.3. The lowest BCUT2D eigenvalue weighted by Gasteiger charge is -2.05. The molecule has 0 aromatic heterocycles. The number of methoxy groups -OCH3 is 2. The van der Waals surface area contributed by atoms with Crippen LogP contribution < -0.4 is 20.3 Å². The second-order valence-electron chi connectivity index (χ2n) is 6.77. The van der Waals surface area contributed by atoms with Crippen molar-refractivity contribution in [1.29, 1.82) is 0 Å². The molecule has 2 N–H and O–H groups in total. The van der Waals surface area contributed by atoms with Crippen molar-refractivity contribution in [2.75, 3.05) is 14.2 Å². The topological polar surface area (TPSA) is 101 Å². The van der Waals surface area contributed by atoms with Crippen molar-refractivity contribution in [3.8, 4) is 11.5 Å². The molecule has 0 heterocycles. The lowest BCUT2D eigenvalue weighted by Crippen LogP contribution is -2.21. The Labute approximate surface area is 182 Å². The smallest absolute Gasteiger partial charge is 0.240 e. The Morgan fingerprint density at radius 1 is 0.710 bits per heavy atom. The molecule has 0 fully saturated rings. The Balaban J connectivity index is 1.72. The third-order valence-electron chi connectivity index (χ3n) is 4.52. The van der Waals surface area contributed by atoms with E-state index < -0.39 is 0 Å². The number of carbonyl (C=O) groups is 2. The van der Waals surface area contributed by atoms with Crippen molar-refractivity contribution in [2.24, 2.45) is 10.2 Å². The molecule has 0 aliphatic heterocycles. The highest BCUT2D eigenvalue weighted by atomic mass is 16.5. The third-order valence-corrected chi connectivity index (χ3v) is 4.52. The van der Waals surface area contributed by atoms with Gasteiger partial charge in [-0.05, 0) is 79.9 Å². The first kappa shape index (κ1) is 23.6. The average Bonchev–Trinajstić information content (AvgIpc) is 2.81. The van der Waals surface area contributed by atoms with Crippen molar-refractivity contribution in [1.82, 2.24) is 10.9 Å². The molecule has 164 valence electrons. The summed E-state index contributed by atoms with van der Waals surface area (Å²) in [6, 6.07) is 14.8. The molecular weight excluding hydrogens is 396 g/mol. The second kappa shape index (κ2) is 12.1. The van der Waals surface area contributed by atoms with Gasteiger partial charge in [-0.2, -0.15) is 10.2 Å². The van der Waals surface area contributed by atoms with Gasteiger partial charge < -0.3 is 9.47 Å². The number of hydrogen-bond donors (Lipinski definition) is 2. The molecule has 0 spiro atoms. The van der Waals surface area contributed by atoms with E-state index in [1.54, 1.807) is 28.1 Å². The largest absolute Gasteiger partial charge is 0.497 e. The molecule has 2 aromatic carbocycles. The van der Waals surface area contributed by atoms with Crippen LogP contribution in [0.3, 0.4) is 0 Å². The molecule has 0 unspecified atom stereocenters. The number of ether oxygens (including phenoxy) is 2. The van der Waals surface area contributed by atoms with E-state index in [1.807, 2.05) is 48.5 Å². The summed E-state index contributed by atoms with van der Waals surface area (Å²) in [4.78, 5) is 23.9. The predicted octanol–water partition coefficient (Wildman–Crippen LogP) is 3.25. The molecule has 0 aliphatic carbocycles. The van der Waals surface area contributed by atoms with E-state index in [4.69, 9.17) is 9.47 Å². The normalized spacial score (nSPS) is 11.6. The van der Waals surface area contributed by atoms with Crippen LogP contribution in [0.1, 0.15) is 44.2 Å². The summed E-state index contributed by atoms with van der Waals surface area (Å²) in [5.41, 5.74) is 8.14. The molecular formula is C23H28N4O4. The van der Waals surface area contributed by atoms with Crippen molar-refractivity contribution >= 4 is 23.2 Å². The van der Waals surface area contributed by atoms with Crippen LogP contribution in [0.2, 0.25) is 0 Å². The quantitative estimate of drug-likeness (QED) is 0.451.